The highest BCUT2D eigenvalue weighted by Gasteiger charge is 2.09. The number of aromatic nitrogens is 1. The zero-order valence-electron chi connectivity index (χ0n) is 10.9. The van der Waals surface area contributed by atoms with E-state index in [4.69, 9.17) is 16.3 Å². The first-order chi connectivity index (χ1) is 9.81. The number of nitrogens with zero attached hydrogens (tertiary/aromatic N) is 1. The van der Waals surface area contributed by atoms with Gasteiger partial charge in [-0.2, -0.15) is 0 Å². The Morgan fingerprint density at radius 2 is 1.55 bits per heavy atom. The van der Waals surface area contributed by atoms with E-state index in [-0.39, 0.29) is 11.8 Å². The minimum atomic E-state index is -0.382. The lowest BCUT2D eigenvalue weighted by Crippen LogP contribution is -2.11. The standard InChI is InChI=1S/C16H14ClNO2/c17-11-16(19)20-10-9-18-14-7-3-1-5-12(14)13-6-2-4-8-15(13)18/h1-8H,9-11H2. The maximum absolute atomic E-state index is 11.1. The number of hydrogen-bond acceptors (Lipinski definition) is 2. The number of carbonyl (C=O) groups is 1. The molecule has 0 saturated heterocycles. The number of esters is 1. The third-order valence-electron chi connectivity index (χ3n) is 3.37. The van der Waals surface area contributed by atoms with Crippen LogP contribution in [-0.2, 0) is 16.1 Å². The van der Waals surface area contributed by atoms with Gasteiger partial charge in [-0.25, -0.2) is 0 Å². The van der Waals surface area contributed by atoms with Gasteiger partial charge in [0.15, 0.2) is 0 Å². The van der Waals surface area contributed by atoms with E-state index in [1.807, 2.05) is 24.3 Å². The van der Waals surface area contributed by atoms with Crippen LogP contribution in [0.15, 0.2) is 48.5 Å². The van der Waals surface area contributed by atoms with Crippen LogP contribution in [-0.4, -0.2) is 23.0 Å². The summed E-state index contributed by atoms with van der Waals surface area (Å²) in [6.45, 7) is 0.949. The lowest BCUT2D eigenvalue weighted by molar-refractivity contribution is -0.140. The number of halogens is 1. The smallest absolute Gasteiger partial charge is 0.320 e. The van der Waals surface area contributed by atoms with Gasteiger partial charge in [0.1, 0.15) is 12.5 Å². The Labute approximate surface area is 121 Å². The molecule has 0 aliphatic rings. The molecule has 0 spiro atoms. The Bertz CT molecular complexity index is 710. The molecule has 0 amide bonds. The van der Waals surface area contributed by atoms with Crippen LogP contribution in [0.25, 0.3) is 21.8 Å². The molecule has 3 nitrogen and oxygen atoms in total. The highest BCUT2D eigenvalue weighted by Crippen LogP contribution is 2.28. The van der Waals surface area contributed by atoms with Crippen molar-refractivity contribution < 1.29 is 9.53 Å². The van der Waals surface area contributed by atoms with E-state index in [0.29, 0.717) is 13.2 Å². The summed E-state index contributed by atoms with van der Waals surface area (Å²) in [5.74, 6) is -0.486. The lowest BCUT2D eigenvalue weighted by Gasteiger charge is -2.07. The Balaban J connectivity index is 2.01. The zero-order chi connectivity index (χ0) is 13.9. The molecule has 20 heavy (non-hydrogen) atoms. The molecule has 4 heteroatoms. The van der Waals surface area contributed by atoms with Gasteiger partial charge in [-0.1, -0.05) is 36.4 Å². The van der Waals surface area contributed by atoms with E-state index < -0.39 is 0 Å². The van der Waals surface area contributed by atoms with Crippen molar-refractivity contribution in [3.8, 4) is 0 Å². The summed E-state index contributed by atoms with van der Waals surface area (Å²) >= 11 is 5.42. The Kier molecular flexibility index (Phi) is 3.61. The van der Waals surface area contributed by atoms with E-state index in [1.54, 1.807) is 0 Å². The summed E-state index contributed by atoms with van der Waals surface area (Å²) in [5.41, 5.74) is 2.30. The number of ether oxygens (including phenoxy) is 1. The number of benzene rings is 2. The van der Waals surface area contributed by atoms with Crippen LogP contribution in [0.4, 0.5) is 0 Å². The third-order valence-corrected chi connectivity index (χ3v) is 3.59. The highest BCUT2D eigenvalue weighted by molar-refractivity contribution is 6.26. The average molecular weight is 288 g/mol. The van der Waals surface area contributed by atoms with Gasteiger partial charge in [-0.15, -0.1) is 11.6 Å². The van der Waals surface area contributed by atoms with Crippen molar-refractivity contribution in [2.24, 2.45) is 0 Å². The summed E-state index contributed by atoms with van der Waals surface area (Å²) in [5, 5.41) is 2.43. The van der Waals surface area contributed by atoms with Crippen LogP contribution >= 0.6 is 11.6 Å². The molecule has 0 radical (unpaired) electrons. The molecule has 102 valence electrons. The topological polar surface area (TPSA) is 31.2 Å². The molecule has 0 aliphatic carbocycles. The Hall–Kier alpha value is -2.00. The normalized spacial score (nSPS) is 11.1. The SMILES string of the molecule is O=C(CCl)OCCn1c2ccccc2c2ccccc21. The maximum atomic E-state index is 11.1. The van der Waals surface area contributed by atoms with Crippen LogP contribution in [0.3, 0.4) is 0 Å². The van der Waals surface area contributed by atoms with E-state index in [0.717, 1.165) is 11.0 Å². The van der Waals surface area contributed by atoms with Crippen molar-refractivity contribution >= 4 is 39.4 Å². The second kappa shape index (κ2) is 5.55. The van der Waals surface area contributed by atoms with E-state index >= 15 is 0 Å². The van der Waals surface area contributed by atoms with Gasteiger partial charge in [0.05, 0.1) is 6.54 Å². The van der Waals surface area contributed by atoms with Gasteiger partial charge in [-0.3, -0.25) is 4.79 Å². The van der Waals surface area contributed by atoms with Gasteiger partial charge < -0.3 is 9.30 Å². The lowest BCUT2D eigenvalue weighted by atomic mass is 10.2. The monoisotopic (exact) mass is 287 g/mol. The molecule has 0 bridgehead atoms. The number of carbonyl (C=O) groups excluding carboxylic acids is 1. The molecule has 2 aromatic carbocycles. The van der Waals surface area contributed by atoms with Crippen LogP contribution < -0.4 is 0 Å². The number of para-hydroxylation sites is 2. The van der Waals surface area contributed by atoms with E-state index in [2.05, 4.69) is 28.8 Å². The summed E-state index contributed by atoms with van der Waals surface area (Å²) in [6.07, 6.45) is 0. The molecule has 0 atom stereocenters. The first-order valence-electron chi connectivity index (χ1n) is 6.49. The number of rotatable bonds is 4. The van der Waals surface area contributed by atoms with Crippen LogP contribution in [0.5, 0.6) is 0 Å². The molecule has 0 saturated carbocycles. The van der Waals surface area contributed by atoms with Gasteiger partial charge in [0.25, 0.3) is 0 Å². The van der Waals surface area contributed by atoms with Crippen LogP contribution in [0.1, 0.15) is 0 Å². The molecule has 1 heterocycles. The molecule has 0 fully saturated rings. The minimum absolute atomic E-state index is 0.104. The fraction of sp³-hybridized carbons (Fsp3) is 0.188. The summed E-state index contributed by atoms with van der Waals surface area (Å²) in [4.78, 5) is 11.1. The van der Waals surface area contributed by atoms with Crippen molar-refractivity contribution in [3.63, 3.8) is 0 Å². The molecular formula is C16H14ClNO2. The van der Waals surface area contributed by atoms with Gasteiger partial charge in [0, 0.05) is 21.8 Å². The van der Waals surface area contributed by atoms with E-state index in [1.165, 1.54) is 10.8 Å². The van der Waals surface area contributed by atoms with Gasteiger partial charge in [-0.05, 0) is 12.1 Å². The fourth-order valence-electron chi connectivity index (χ4n) is 2.53. The fourth-order valence-corrected chi connectivity index (χ4v) is 2.61. The minimum Gasteiger partial charge on any atom is -0.463 e. The molecule has 3 rings (SSSR count). The third kappa shape index (κ3) is 2.25. The number of alkyl halides is 1. The Morgan fingerprint density at radius 3 is 2.10 bits per heavy atom. The zero-order valence-corrected chi connectivity index (χ0v) is 11.6. The molecule has 0 unspecified atom stereocenters. The van der Waals surface area contributed by atoms with Crippen molar-refractivity contribution in [1.29, 1.82) is 0 Å². The van der Waals surface area contributed by atoms with Gasteiger partial charge in [0.2, 0.25) is 0 Å². The quantitative estimate of drug-likeness (QED) is 0.542. The van der Waals surface area contributed by atoms with Crippen molar-refractivity contribution in [3.05, 3.63) is 48.5 Å². The van der Waals surface area contributed by atoms with E-state index in [9.17, 15) is 4.79 Å². The average Bonchev–Trinajstić information content (AvgIpc) is 2.82. The summed E-state index contributed by atoms with van der Waals surface area (Å²) < 4.78 is 7.24. The van der Waals surface area contributed by atoms with Crippen LogP contribution in [0, 0.1) is 0 Å². The largest absolute Gasteiger partial charge is 0.463 e. The first kappa shape index (κ1) is 13.0. The summed E-state index contributed by atoms with van der Waals surface area (Å²) in [7, 11) is 0. The Morgan fingerprint density at radius 1 is 1.00 bits per heavy atom. The van der Waals surface area contributed by atoms with Crippen molar-refractivity contribution in [1.82, 2.24) is 4.57 Å². The number of hydrogen-bond donors (Lipinski definition) is 0. The second-order valence-corrected chi connectivity index (χ2v) is 4.81. The second-order valence-electron chi connectivity index (χ2n) is 4.54. The van der Waals surface area contributed by atoms with Crippen molar-refractivity contribution in [2.45, 2.75) is 6.54 Å². The predicted octanol–water partition coefficient (Wildman–Crippen LogP) is 3.58. The maximum Gasteiger partial charge on any atom is 0.320 e. The molecule has 3 aromatic rings. The molecule has 0 aliphatic heterocycles. The van der Waals surface area contributed by atoms with Crippen molar-refractivity contribution in [2.75, 3.05) is 12.5 Å². The predicted molar refractivity (Wildman–Crippen MR) is 81.1 cm³/mol. The highest BCUT2D eigenvalue weighted by atomic mass is 35.5. The van der Waals surface area contributed by atoms with Gasteiger partial charge >= 0.3 is 5.97 Å². The van der Waals surface area contributed by atoms with Crippen LogP contribution in [0.2, 0.25) is 0 Å². The molecule has 1 aromatic heterocycles. The summed E-state index contributed by atoms with van der Waals surface area (Å²) in [6, 6.07) is 16.5. The molecular weight excluding hydrogens is 274 g/mol. The molecule has 0 N–H and O–H groups in total. The first-order valence-corrected chi connectivity index (χ1v) is 7.02. The number of fused-ring (bicyclic) bond motifs is 3.